The summed E-state index contributed by atoms with van der Waals surface area (Å²) in [5.74, 6) is -0.258. The van der Waals surface area contributed by atoms with Gasteiger partial charge >= 0.3 is 0 Å². The van der Waals surface area contributed by atoms with E-state index in [0.29, 0.717) is 12.8 Å². The number of carbonyl (C=O) groups excluding carboxylic acids is 1. The predicted molar refractivity (Wildman–Crippen MR) is 332 cm³/mol. The summed E-state index contributed by atoms with van der Waals surface area (Å²) in [5.41, 5.74) is 0. The number of allylic oxidation sites excluding steroid dienone is 11. The average molecular weight is 1160 g/mol. The molecule has 2 rings (SSSR count). The molecule has 2 aliphatic heterocycles. The van der Waals surface area contributed by atoms with Crippen LogP contribution in [0.5, 0.6) is 0 Å². The van der Waals surface area contributed by atoms with E-state index in [4.69, 9.17) is 18.9 Å². The zero-order valence-corrected chi connectivity index (χ0v) is 51.5. The van der Waals surface area contributed by atoms with Crippen molar-refractivity contribution in [2.24, 2.45) is 0 Å². The fourth-order valence-electron chi connectivity index (χ4n) is 10.6. The molecule has 9 N–H and O–H groups in total. The van der Waals surface area contributed by atoms with Gasteiger partial charge < -0.3 is 65.1 Å². The first kappa shape index (κ1) is 75.5. The Balaban J connectivity index is 1.73. The van der Waals surface area contributed by atoms with Gasteiger partial charge in [-0.25, -0.2) is 0 Å². The first-order valence-electron chi connectivity index (χ1n) is 33.2. The van der Waals surface area contributed by atoms with Crippen LogP contribution in [-0.4, -0.2) is 140 Å². The molecule has 2 fully saturated rings. The van der Waals surface area contributed by atoms with Gasteiger partial charge in [-0.3, -0.25) is 4.79 Å². The molecular weight excluding hydrogens is 1040 g/mol. The predicted octanol–water partition coefficient (Wildman–Crippen LogP) is 12.7. The van der Waals surface area contributed by atoms with Gasteiger partial charge in [-0.15, -0.1) is 0 Å². The molecule has 0 aromatic carbocycles. The van der Waals surface area contributed by atoms with Crippen LogP contribution in [-0.2, 0) is 23.7 Å². The van der Waals surface area contributed by atoms with Gasteiger partial charge in [-0.05, 0) is 70.6 Å². The number of ether oxygens (including phenoxy) is 4. The molecule has 2 saturated heterocycles. The van der Waals surface area contributed by atoms with Crippen molar-refractivity contribution in [2.75, 3.05) is 19.8 Å². The molecule has 476 valence electrons. The van der Waals surface area contributed by atoms with E-state index in [9.17, 15) is 45.6 Å². The van der Waals surface area contributed by atoms with E-state index in [1.54, 1.807) is 6.08 Å². The highest BCUT2D eigenvalue weighted by Gasteiger charge is 2.51. The highest BCUT2D eigenvalue weighted by atomic mass is 16.7. The zero-order chi connectivity index (χ0) is 59.5. The molecule has 12 unspecified atom stereocenters. The fourth-order valence-corrected chi connectivity index (χ4v) is 10.6. The Morgan fingerprint density at radius 2 is 0.854 bits per heavy atom. The lowest BCUT2D eigenvalue weighted by molar-refractivity contribution is -0.359. The topological polar surface area (TPSA) is 228 Å². The third kappa shape index (κ3) is 37.1. The van der Waals surface area contributed by atoms with Crippen molar-refractivity contribution in [1.29, 1.82) is 0 Å². The van der Waals surface area contributed by atoms with E-state index < -0.39 is 86.8 Å². The number of hydrogen-bond acceptors (Lipinski definition) is 13. The van der Waals surface area contributed by atoms with Crippen LogP contribution in [0.4, 0.5) is 0 Å². The Morgan fingerprint density at radius 1 is 0.451 bits per heavy atom. The van der Waals surface area contributed by atoms with Gasteiger partial charge in [0.05, 0.1) is 32.0 Å². The van der Waals surface area contributed by atoms with Gasteiger partial charge in [0.2, 0.25) is 5.91 Å². The molecule has 0 aromatic rings. The fraction of sp³-hybridized carbons (Fsp3) is 0.809. The van der Waals surface area contributed by atoms with Crippen LogP contribution >= 0.6 is 0 Å². The van der Waals surface area contributed by atoms with E-state index in [-0.39, 0.29) is 18.9 Å². The van der Waals surface area contributed by atoms with Crippen LogP contribution in [0, 0.1) is 0 Å². The molecule has 0 radical (unpaired) electrons. The summed E-state index contributed by atoms with van der Waals surface area (Å²) in [6.07, 6.45) is 53.8. The maximum Gasteiger partial charge on any atom is 0.220 e. The first-order chi connectivity index (χ1) is 40.1. The molecule has 0 saturated carbocycles. The second-order valence-electron chi connectivity index (χ2n) is 23.2. The van der Waals surface area contributed by atoms with Crippen molar-refractivity contribution in [3.8, 4) is 0 Å². The zero-order valence-electron chi connectivity index (χ0n) is 51.5. The molecule has 0 aromatic heterocycles. The summed E-state index contributed by atoms with van der Waals surface area (Å²) < 4.78 is 22.8. The Bertz CT molecular complexity index is 1650. The highest BCUT2D eigenvalue weighted by molar-refractivity contribution is 5.76. The first-order valence-corrected chi connectivity index (χ1v) is 33.2. The molecule has 2 aliphatic rings. The monoisotopic (exact) mass is 1160 g/mol. The molecule has 82 heavy (non-hydrogen) atoms. The summed E-state index contributed by atoms with van der Waals surface area (Å²) in [6, 6.07) is -0.941. The lowest BCUT2D eigenvalue weighted by Gasteiger charge is -2.46. The Hall–Kier alpha value is -2.57. The smallest absolute Gasteiger partial charge is 0.220 e. The van der Waals surface area contributed by atoms with Crippen LogP contribution in [0.1, 0.15) is 258 Å². The van der Waals surface area contributed by atoms with Gasteiger partial charge in [0, 0.05) is 6.42 Å². The number of amides is 1. The number of unbranched alkanes of at least 4 members (excludes halogenated alkanes) is 30. The number of carbonyl (C=O) groups is 1. The van der Waals surface area contributed by atoms with Crippen LogP contribution in [0.25, 0.3) is 0 Å². The van der Waals surface area contributed by atoms with Crippen LogP contribution in [0.3, 0.4) is 0 Å². The summed E-state index contributed by atoms with van der Waals surface area (Å²) in [5, 5.41) is 87.3. The van der Waals surface area contributed by atoms with Crippen molar-refractivity contribution in [1.82, 2.24) is 5.32 Å². The quantitative estimate of drug-likeness (QED) is 0.0204. The van der Waals surface area contributed by atoms with E-state index in [1.165, 1.54) is 154 Å². The lowest BCUT2D eigenvalue weighted by Crippen LogP contribution is -2.65. The summed E-state index contributed by atoms with van der Waals surface area (Å²) in [4.78, 5) is 13.3. The summed E-state index contributed by atoms with van der Waals surface area (Å²) in [6.45, 7) is 2.68. The van der Waals surface area contributed by atoms with Crippen molar-refractivity contribution >= 4 is 5.91 Å². The molecule has 0 bridgehead atoms. The van der Waals surface area contributed by atoms with Crippen molar-refractivity contribution < 1.29 is 64.6 Å². The number of hydrogen-bond donors (Lipinski definition) is 9. The van der Waals surface area contributed by atoms with Crippen LogP contribution < -0.4 is 5.32 Å². The lowest BCUT2D eigenvalue weighted by atomic mass is 9.97. The molecule has 0 aliphatic carbocycles. The van der Waals surface area contributed by atoms with E-state index >= 15 is 0 Å². The van der Waals surface area contributed by atoms with E-state index in [2.05, 4.69) is 79.9 Å². The molecule has 1 amide bonds. The van der Waals surface area contributed by atoms with Gasteiger partial charge in [0.25, 0.3) is 0 Å². The molecule has 2 heterocycles. The summed E-state index contributed by atoms with van der Waals surface area (Å²) >= 11 is 0. The van der Waals surface area contributed by atoms with Crippen LogP contribution in [0.15, 0.2) is 72.9 Å². The molecule has 12 atom stereocenters. The highest BCUT2D eigenvalue weighted by Crippen LogP contribution is 2.30. The standard InChI is InChI=1S/C68H121NO13/c1-3-5-7-9-11-13-15-17-19-21-23-25-26-27-28-29-30-32-33-35-37-39-41-43-45-47-49-51-57(72)56(55-79-67-65(78)63(76)66(59(54-71)81-67)82-68-64(77)62(75)61(74)58(53-70)80-68)69-60(73)52-50-48-46-44-42-40-38-36-34-31-24-22-20-18-16-14-12-10-8-6-4-2/h6,8,12,14,18,20,24,31,41,43,49,51,56-59,61-68,70-72,74-78H,3-5,7,9-11,13,15-17,19,21-23,25-30,32-40,42,44-48,50,52-55H2,1-2H3,(H,69,73)/b8-6-,14-12-,20-18-,31-24-,43-41+,51-49+. The number of nitrogens with one attached hydrogen (secondary N) is 1. The molecule has 14 heteroatoms. The van der Waals surface area contributed by atoms with Crippen LogP contribution in [0.2, 0.25) is 0 Å². The van der Waals surface area contributed by atoms with Gasteiger partial charge in [0.1, 0.15) is 48.8 Å². The SMILES string of the molecule is CC/C=C\C/C=C\C/C=C\C/C=C\CCCCCCCCCCC(=O)NC(COC1OC(CO)C(OC2OC(CO)C(O)C(O)C2O)C(O)C1O)C(O)/C=C/CC/C=C/CCCCCCCCCCCCCCCCCCCCCCC. The van der Waals surface area contributed by atoms with Crippen molar-refractivity contribution in [3.05, 3.63) is 72.9 Å². The number of rotatable bonds is 53. The number of aliphatic hydroxyl groups excluding tert-OH is 8. The minimum Gasteiger partial charge on any atom is -0.394 e. The third-order valence-corrected chi connectivity index (χ3v) is 15.9. The summed E-state index contributed by atoms with van der Waals surface area (Å²) in [7, 11) is 0. The van der Waals surface area contributed by atoms with Gasteiger partial charge in [-0.1, -0.05) is 254 Å². The largest absolute Gasteiger partial charge is 0.394 e. The maximum absolute atomic E-state index is 13.3. The minimum absolute atomic E-state index is 0.258. The van der Waals surface area contributed by atoms with E-state index in [0.717, 1.165) is 70.6 Å². The van der Waals surface area contributed by atoms with Gasteiger partial charge in [0.15, 0.2) is 12.6 Å². The van der Waals surface area contributed by atoms with Crippen molar-refractivity contribution in [2.45, 2.75) is 331 Å². The maximum atomic E-state index is 13.3. The minimum atomic E-state index is -1.80. The second kappa shape index (κ2) is 52.7. The second-order valence-corrected chi connectivity index (χ2v) is 23.2. The molecule has 14 nitrogen and oxygen atoms in total. The Morgan fingerprint density at radius 3 is 1.34 bits per heavy atom. The van der Waals surface area contributed by atoms with Crippen molar-refractivity contribution in [3.63, 3.8) is 0 Å². The van der Waals surface area contributed by atoms with E-state index in [1.807, 2.05) is 6.08 Å². The third-order valence-electron chi connectivity index (χ3n) is 15.9. The Labute approximate surface area is 498 Å². The normalized spacial score (nSPS) is 24.4. The Kier molecular flexibility index (Phi) is 48.6. The molecular formula is C68H121NO13. The average Bonchev–Trinajstić information content (AvgIpc) is 3.66. The number of aliphatic hydroxyl groups is 8. The van der Waals surface area contributed by atoms with Gasteiger partial charge in [-0.2, -0.15) is 0 Å². The molecule has 0 spiro atoms.